The Bertz CT molecular complexity index is 646. The van der Waals surface area contributed by atoms with E-state index in [1.54, 1.807) is 0 Å². The van der Waals surface area contributed by atoms with Crippen LogP contribution in [0, 0.1) is 5.92 Å². The van der Waals surface area contributed by atoms with Gasteiger partial charge in [0.15, 0.2) is 0 Å². The van der Waals surface area contributed by atoms with Crippen LogP contribution in [0.2, 0.25) is 4.31 Å². The maximum absolute atomic E-state index is 10.1. The molecule has 0 radical (unpaired) electrons. The van der Waals surface area contributed by atoms with Crippen molar-refractivity contribution in [2.24, 2.45) is 5.92 Å². The second-order valence-corrected chi connectivity index (χ2v) is 9.57. The van der Waals surface area contributed by atoms with Crippen LogP contribution in [0.1, 0.15) is 18.1 Å². The number of hydrogen-bond acceptors (Lipinski definition) is 2. The zero-order valence-electron chi connectivity index (χ0n) is 11.3. The molecule has 0 aromatic heterocycles. The minimum atomic E-state index is -0.607. The van der Waals surface area contributed by atoms with E-state index in [-0.39, 0.29) is 10.4 Å². The Hall–Kier alpha value is -0.641. The molecule has 21 heavy (non-hydrogen) atoms. The van der Waals surface area contributed by atoms with Gasteiger partial charge in [-0.15, -0.1) is 0 Å². The van der Waals surface area contributed by atoms with Crippen molar-refractivity contribution >= 4 is 35.3 Å². The van der Waals surface area contributed by atoms with Crippen LogP contribution in [0.25, 0.3) is 0 Å². The van der Waals surface area contributed by atoms with E-state index in [1.165, 1.54) is 10.0 Å². The van der Waals surface area contributed by atoms with Crippen LogP contribution in [-0.2, 0) is 4.74 Å². The van der Waals surface area contributed by atoms with E-state index in [2.05, 4.69) is 52.3 Å². The summed E-state index contributed by atoms with van der Waals surface area (Å²) in [4.78, 5) is 0. The fourth-order valence-electron chi connectivity index (χ4n) is 3.15. The van der Waals surface area contributed by atoms with Crippen molar-refractivity contribution in [3.05, 3.63) is 64.6 Å². The molecule has 1 saturated carbocycles. The van der Waals surface area contributed by atoms with Gasteiger partial charge in [-0.3, -0.25) is 0 Å². The summed E-state index contributed by atoms with van der Waals surface area (Å²) in [5.41, 5.74) is 1.18. The third-order valence-electron chi connectivity index (χ3n) is 4.29. The molecule has 4 heteroatoms. The van der Waals surface area contributed by atoms with Crippen LogP contribution in [0.5, 0.6) is 0 Å². The van der Waals surface area contributed by atoms with Gasteiger partial charge in [0, 0.05) is 0 Å². The molecule has 1 saturated heterocycles. The molecule has 2 aromatic rings. The van der Waals surface area contributed by atoms with Gasteiger partial charge < -0.3 is 0 Å². The Kier molecular flexibility index (Phi) is 3.48. The summed E-state index contributed by atoms with van der Waals surface area (Å²) in [6, 6.07) is 18.9. The van der Waals surface area contributed by atoms with Crippen molar-refractivity contribution in [1.29, 1.82) is 0 Å². The fraction of sp³-hybridized carbons (Fsp3) is 0.294. The number of halogens is 1. The number of hydrogen-bond donors (Lipinski definition) is 1. The van der Waals surface area contributed by atoms with Gasteiger partial charge >= 0.3 is 139 Å². The molecule has 1 aliphatic carbocycles. The van der Waals surface area contributed by atoms with Gasteiger partial charge in [0.05, 0.1) is 0 Å². The first kappa shape index (κ1) is 14.0. The molecule has 0 spiro atoms. The Labute approximate surface area is 138 Å². The van der Waals surface area contributed by atoms with E-state index >= 15 is 0 Å². The second kappa shape index (κ2) is 5.22. The molecule has 1 N–H and O–H groups in total. The number of rotatable bonds is 3. The Morgan fingerprint density at radius 3 is 2.48 bits per heavy atom. The molecule has 2 aliphatic rings. The van der Waals surface area contributed by atoms with Gasteiger partial charge in [0.25, 0.3) is 0 Å². The van der Waals surface area contributed by atoms with Gasteiger partial charge in [0.2, 0.25) is 0 Å². The summed E-state index contributed by atoms with van der Waals surface area (Å²) in [5.74, 6) is 0.298. The molecule has 2 fully saturated rings. The maximum atomic E-state index is 10.1. The third-order valence-corrected chi connectivity index (χ3v) is 8.12. The molecule has 108 valence electrons. The van der Waals surface area contributed by atoms with Crippen molar-refractivity contribution in [1.82, 2.24) is 0 Å². The number of aliphatic hydroxyl groups is 1. The monoisotopic (exact) mass is 410 g/mol. The van der Waals surface area contributed by atoms with E-state index in [0.29, 0.717) is 20.9 Å². The SMILES string of the molecule is O[C@H]1O[C@H](c2ccc(Br)cc2)[C@]2([Se]c3ccccc3)C[C@H]12. The standard InChI is InChI=1S/C17H15BrO2Se/c18-12-8-6-11(7-9-12)15-17(10-14(17)16(19)20-15)21-13-4-2-1-3-5-13/h1-9,14-16,19H,10H2/t14-,15-,16+,17+/m1/s1. The van der Waals surface area contributed by atoms with E-state index in [4.69, 9.17) is 4.74 Å². The molecule has 1 heterocycles. The Morgan fingerprint density at radius 1 is 1.10 bits per heavy atom. The molecule has 4 rings (SSSR count). The zero-order valence-corrected chi connectivity index (χ0v) is 14.6. The van der Waals surface area contributed by atoms with Gasteiger partial charge in [-0.25, -0.2) is 0 Å². The van der Waals surface area contributed by atoms with E-state index < -0.39 is 6.29 Å². The molecule has 4 atom stereocenters. The Balaban J connectivity index is 1.65. The normalized spacial score (nSPS) is 33.7. The molecule has 2 aromatic carbocycles. The molecule has 0 bridgehead atoms. The van der Waals surface area contributed by atoms with Crippen LogP contribution in [0.3, 0.4) is 0 Å². The third kappa shape index (κ3) is 2.39. The van der Waals surface area contributed by atoms with Crippen LogP contribution >= 0.6 is 15.9 Å². The quantitative estimate of drug-likeness (QED) is 0.789. The van der Waals surface area contributed by atoms with Crippen molar-refractivity contribution in [3.8, 4) is 0 Å². The van der Waals surface area contributed by atoms with Crippen molar-refractivity contribution < 1.29 is 9.84 Å². The second-order valence-electron chi connectivity index (χ2n) is 5.64. The number of aliphatic hydroxyl groups excluding tert-OH is 1. The van der Waals surface area contributed by atoms with E-state index in [9.17, 15) is 5.11 Å². The van der Waals surface area contributed by atoms with Crippen molar-refractivity contribution in [2.75, 3.05) is 0 Å². The summed E-state index contributed by atoms with van der Waals surface area (Å²) in [6.45, 7) is 0. The van der Waals surface area contributed by atoms with E-state index in [1.807, 2.05) is 18.2 Å². The first-order valence-electron chi connectivity index (χ1n) is 7.02. The topological polar surface area (TPSA) is 29.5 Å². The summed E-state index contributed by atoms with van der Waals surface area (Å²) < 4.78 is 8.46. The van der Waals surface area contributed by atoms with Gasteiger partial charge in [-0.05, 0) is 0 Å². The molecular formula is C17H15BrO2Se. The Morgan fingerprint density at radius 2 is 1.81 bits per heavy atom. The van der Waals surface area contributed by atoms with Crippen molar-refractivity contribution in [3.63, 3.8) is 0 Å². The van der Waals surface area contributed by atoms with Gasteiger partial charge in [-0.1, -0.05) is 0 Å². The fourth-order valence-corrected chi connectivity index (χ4v) is 6.70. The molecule has 0 unspecified atom stereocenters. The predicted molar refractivity (Wildman–Crippen MR) is 86.6 cm³/mol. The molecular weight excluding hydrogens is 395 g/mol. The average Bonchev–Trinajstić information content (AvgIpc) is 3.15. The summed E-state index contributed by atoms with van der Waals surface area (Å²) in [7, 11) is 0. The first-order chi connectivity index (χ1) is 10.2. The number of fused-ring (bicyclic) bond motifs is 1. The summed E-state index contributed by atoms with van der Waals surface area (Å²) in [6.07, 6.45) is 0.485. The average molecular weight is 410 g/mol. The van der Waals surface area contributed by atoms with Gasteiger partial charge in [0.1, 0.15) is 0 Å². The van der Waals surface area contributed by atoms with E-state index in [0.717, 1.165) is 10.9 Å². The predicted octanol–water partition coefficient (Wildman–Crippen LogP) is 3.05. The van der Waals surface area contributed by atoms with Crippen LogP contribution in [0.4, 0.5) is 0 Å². The van der Waals surface area contributed by atoms with Crippen LogP contribution in [-0.4, -0.2) is 26.4 Å². The number of ether oxygens (including phenoxy) is 1. The summed E-state index contributed by atoms with van der Waals surface area (Å²) in [5, 5.41) is 10.1. The van der Waals surface area contributed by atoms with Crippen LogP contribution < -0.4 is 4.46 Å². The zero-order chi connectivity index (χ0) is 14.4. The summed E-state index contributed by atoms with van der Waals surface area (Å²) >= 11 is 3.79. The molecule has 1 aliphatic heterocycles. The van der Waals surface area contributed by atoms with Crippen LogP contribution in [0.15, 0.2) is 59.1 Å². The minimum absolute atomic E-state index is 0.0193. The molecule has 2 nitrogen and oxygen atoms in total. The van der Waals surface area contributed by atoms with Gasteiger partial charge in [-0.2, -0.15) is 0 Å². The first-order valence-corrected chi connectivity index (χ1v) is 9.53. The molecule has 0 amide bonds. The number of benzene rings is 2. The van der Waals surface area contributed by atoms with Crippen molar-refractivity contribution in [2.45, 2.75) is 23.1 Å².